The molecule has 0 radical (unpaired) electrons. The van der Waals surface area contributed by atoms with E-state index >= 15 is 0 Å². The van der Waals surface area contributed by atoms with Gasteiger partial charge < -0.3 is 15.0 Å². The van der Waals surface area contributed by atoms with Gasteiger partial charge in [-0.05, 0) is 45.8 Å². The van der Waals surface area contributed by atoms with Crippen LogP contribution < -0.4 is 5.32 Å². The molecule has 1 heterocycles. The third-order valence-electron chi connectivity index (χ3n) is 2.89. The molecule has 0 aromatic heterocycles. The molecule has 1 unspecified atom stereocenters. The predicted molar refractivity (Wildman–Crippen MR) is 64.3 cm³/mol. The maximum Gasteiger partial charge on any atom is 0.320 e. The van der Waals surface area contributed by atoms with Crippen molar-refractivity contribution in [1.82, 2.24) is 10.2 Å². The topological polar surface area (TPSA) is 41.6 Å². The molecule has 94 valence electrons. The summed E-state index contributed by atoms with van der Waals surface area (Å²) < 4.78 is 5.05. The summed E-state index contributed by atoms with van der Waals surface area (Å²) in [5.41, 5.74) is 0. The van der Waals surface area contributed by atoms with Crippen molar-refractivity contribution in [2.45, 2.75) is 33.3 Å². The number of carbonyl (C=O) groups excluding carboxylic acids is 1. The Morgan fingerprint density at radius 2 is 2.31 bits per heavy atom. The zero-order chi connectivity index (χ0) is 12.0. The average molecular weight is 228 g/mol. The monoisotopic (exact) mass is 228 g/mol. The van der Waals surface area contributed by atoms with E-state index in [9.17, 15) is 4.79 Å². The van der Waals surface area contributed by atoms with E-state index in [-0.39, 0.29) is 12.1 Å². The van der Waals surface area contributed by atoms with Gasteiger partial charge in [-0.3, -0.25) is 4.79 Å². The lowest BCUT2D eigenvalue weighted by Gasteiger charge is -2.14. The molecule has 0 aliphatic carbocycles. The highest BCUT2D eigenvalue weighted by Gasteiger charge is 2.20. The van der Waals surface area contributed by atoms with Crippen LogP contribution in [-0.4, -0.2) is 49.7 Å². The van der Waals surface area contributed by atoms with Gasteiger partial charge in [0.05, 0.1) is 12.6 Å². The predicted octanol–water partition coefficient (Wildman–Crippen LogP) is 0.869. The molecule has 1 saturated heterocycles. The number of hydrogen-bond acceptors (Lipinski definition) is 4. The van der Waals surface area contributed by atoms with Crippen LogP contribution in [0, 0.1) is 5.92 Å². The quantitative estimate of drug-likeness (QED) is 0.685. The second-order valence-electron chi connectivity index (χ2n) is 4.72. The van der Waals surface area contributed by atoms with Crippen LogP contribution in [0.1, 0.15) is 27.2 Å². The Kier molecular flexibility index (Phi) is 5.77. The van der Waals surface area contributed by atoms with Crippen LogP contribution in [0.3, 0.4) is 0 Å². The molecule has 1 fully saturated rings. The maximum atomic E-state index is 11.3. The first-order valence-corrected chi connectivity index (χ1v) is 6.24. The van der Waals surface area contributed by atoms with E-state index in [2.05, 4.69) is 17.1 Å². The molecule has 0 aromatic carbocycles. The molecule has 1 atom stereocenters. The smallest absolute Gasteiger partial charge is 0.320 e. The zero-order valence-electron chi connectivity index (χ0n) is 10.7. The first-order valence-electron chi connectivity index (χ1n) is 6.24. The van der Waals surface area contributed by atoms with E-state index in [1.54, 1.807) is 0 Å². The molecular formula is C12H24N2O2. The molecule has 1 N–H and O–H groups in total. The third-order valence-corrected chi connectivity index (χ3v) is 2.89. The van der Waals surface area contributed by atoms with Gasteiger partial charge in [-0.2, -0.15) is 0 Å². The van der Waals surface area contributed by atoms with Gasteiger partial charge in [0.2, 0.25) is 0 Å². The van der Waals surface area contributed by atoms with Gasteiger partial charge in [0, 0.05) is 6.54 Å². The summed E-state index contributed by atoms with van der Waals surface area (Å²) in [5.74, 6) is 0.534. The summed E-state index contributed by atoms with van der Waals surface area (Å²) in [4.78, 5) is 13.7. The van der Waals surface area contributed by atoms with Crippen molar-refractivity contribution in [3.05, 3.63) is 0 Å². The zero-order valence-corrected chi connectivity index (χ0v) is 10.7. The Hall–Kier alpha value is -0.610. The lowest BCUT2D eigenvalue weighted by Crippen LogP contribution is -2.31. The second kappa shape index (κ2) is 6.86. The van der Waals surface area contributed by atoms with Gasteiger partial charge in [-0.1, -0.05) is 6.92 Å². The van der Waals surface area contributed by atoms with Crippen LogP contribution in [0.25, 0.3) is 0 Å². The van der Waals surface area contributed by atoms with Crippen molar-refractivity contribution in [1.29, 1.82) is 0 Å². The summed E-state index contributed by atoms with van der Waals surface area (Å²) in [6.07, 6.45) is 1.22. The van der Waals surface area contributed by atoms with E-state index in [0.717, 1.165) is 19.6 Å². The van der Waals surface area contributed by atoms with Gasteiger partial charge >= 0.3 is 5.97 Å². The minimum absolute atomic E-state index is 0.0173. The normalized spacial score (nSPS) is 21.6. The first-order chi connectivity index (χ1) is 7.61. The van der Waals surface area contributed by atoms with Crippen molar-refractivity contribution in [3.63, 3.8) is 0 Å². The van der Waals surface area contributed by atoms with Crippen molar-refractivity contribution in [2.75, 3.05) is 32.7 Å². The van der Waals surface area contributed by atoms with Gasteiger partial charge in [-0.25, -0.2) is 0 Å². The number of nitrogens with one attached hydrogen (secondary N) is 1. The highest BCUT2D eigenvalue weighted by molar-refractivity contribution is 5.71. The molecule has 0 bridgehead atoms. The Morgan fingerprint density at radius 1 is 1.56 bits per heavy atom. The lowest BCUT2D eigenvalue weighted by atomic mass is 10.1. The number of likely N-dealkylation sites (tertiary alicyclic amines) is 1. The molecule has 4 nitrogen and oxygen atoms in total. The minimum Gasteiger partial charge on any atom is -0.462 e. The van der Waals surface area contributed by atoms with Gasteiger partial charge in [0.1, 0.15) is 0 Å². The van der Waals surface area contributed by atoms with Crippen molar-refractivity contribution in [2.24, 2.45) is 5.92 Å². The standard InChI is InChI=1S/C12H24N2O2/c1-4-14-6-5-11(9-14)7-13-8-12(15)16-10(2)3/h10-11,13H,4-9H2,1-3H3. The summed E-state index contributed by atoms with van der Waals surface area (Å²) in [6, 6.07) is 0. The molecule has 0 aromatic rings. The van der Waals surface area contributed by atoms with Crippen LogP contribution in [0.4, 0.5) is 0 Å². The van der Waals surface area contributed by atoms with E-state index in [1.807, 2.05) is 13.8 Å². The molecule has 0 saturated carbocycles. The Labute approximate surface area is 98.3 Å². The summed E-state index contributed by atoms with van der Waals surface area (Å²) in [5, 5.41) is 3.18. The number of hydrogen-bond donors (Lipinski definition) is 1. The van der Waals surface area contributed by atoms with Crippen molar-refractivity contribution in [3.8, 4) is 0 Å². The summed E-state index contributed by atoms with van der Waals surface area (Å²) in [6.45, 7) is 10.7. The molecule has 16 heavy (non-hydrogen) atoms. The molecule has 1 aliphatic heterocycles. The molecule has 1 rings (SSSR count). The summed E-state index contributed by atoms with van der Waals surface area (Å²) in [7, 11) is 0. The van der Waals surface area contributed by atoms with Crippen LogP contribution in [0.15, 0.2) is 0 Å². The van der Waals surface area contributed by atoms with Gasteiger partial charge in [0.15, 0.2) is 0 Å². The highest BCUT2D eigenvalue weighted by atomic mass is 16.5. The first kappa shape index (κ1) is 13.5. The van der Waals surface area contributed by atoms with Crippen LogP contribution >= 0.6 is 0 Å². The number of carbonyl (C=O) groups is 1. The van der Waals surface area contributed by atoms with Crippen LogP contribution in [0.2, 0.25) is 0 Å². The van der Waals surface area contributed by atoms with Crippen molar-refractivity contribution >= 4 is 5.97 Å². The fourth-order valence-corrected chi connectivity index (χ4v) is 2.05. The molecule has 0 amide bonds. The molecular weight excluding hydrogens is 204 g/mol. The Balaban J connectivity index is 2.05. The second-order valence-corrected chi connectivity index (χ2v) is 4.72. The minimum atomic E-state index is -0.152. The average Bonchev–Trinajstić information content (AvgIpc) is 2.64. The Morgan fingerprint density at radius 3 is 2.88 bits per heavy atom. The number of nitrogens with zero attached hydrogens (tertiary/aromatic N) is 1. The highest BCUT2D eigenvalue weighted by Crippen LogP contribution is 2.14. The maximum absolute atomic E-state index is 11.3. The lowest BCUT2D eigenvalue weighted by molar-refractivity contribution is -0.146. The SMILES string of the molecule is CCN1CCC(CNCC(=O)OC(C)C)C1. The van der Waals surface area contributed by atoms with E-state index in [0.29, 0.717) is 12.5 Å². The Bertz CT molecular complexity index is 219. The number of rotatable bonds is 6. The fraction of sp³-hybridized carbons (Fsp3) is 0.917. The third kappa shape index (κ3) is 4.94. The molecule has 4 heteroatoms. The number of ether oxygens (including phenoxy) is 1. The van der Waals surface area contributed by atoms with E-state index in [1.165, 1.54) is 13.0 Å². The molecule has 0 spiro atoms. The summed E-state index contributed by atoms with van der Waals surface area (Å²) >= 11 is 0. The van der Waals surface area contributed by atoms with Crippen LogP contribution in [-0.2, 0) is 9.53 Å². The van der Waals surface area contributed by atoms with Gasteiger partial charge in [0.25, 0.3) is 0 Å². The van der Waals surface area contributed by atoms with Crippen LogP contribution in [0.5, 0.6) is 0 Å². The largest absolute Gasteiger partial charge is 0.462 e. The van der Waals surface area contributed by atoms with Crippen molar-refractivity contribution < 1.29 is 9.53 Å². The van der Waals surface area contributed by atoms with E-state index in [4.69, 9.17) is 4.74 Å². The molecule has 1 aliphatic rings. The van der Waals surface area contributed by atoms with Gasteiger partial charge in [-0.15, -0.1) is 0 Å². The number of esters is 1. The fourth-order valence-electron chi connectivity index (χ4n) is 2.05. The van der Waals surface area contributed by atoms with E-state index < -0.39 is 0 Å².